The highest BCUT2D eigenvalue weighted by molar-refractivity contribution is 6.34. The minimum Gasteiger partial charge on any atom is -0.0840 e. The fraction of sp³-hybridized carbons (Fsp3) is 0.167. The third-order valence-corrected chi connectivity index (χ3v) is 3.62. The van der Waals surface area contributed by atoms with Gasteiger partial charge in [0.1, 0.15) is 0 Å². The lowest BCUT2D eigenvalue weighted by molar-refractivity contribution is 1.02. The van der Waals surface area contributed by atoms with Gasteiger partial charge in [0.15, 0.2) is 0 Å². The van der Waals surface area contributed by atoms with E-state index in [1.54, 1.807) is 0 Å². The molecule has 0 radical (unpaired) electrons. The molecule has 0 fully saturated rings. The van der Waals surface area contributed by atoms with Gasteiger partial charge in [-0.15, -0.1) is 0 Å². The Bertz CT molecular complexity index is 485. The van der Waals surface area contributed by atoms with Gasteiger partial charge in [-0.3, -0.25) is 0 Å². The van der Waals surface area contributed by atoms with Crippen molar-refractivity contribution in [2.75, 3.05) is 0 Å². The topological polar surface area (TPSA) is 0 Å². The molecule has 1 aliphatic rings. The highest BCUT2D eigenvalue weighted by atomic mass is 35.5. The predicted molar refractivity (Wildman–Crippen MR) is 61.4 cm³/mol. The van der Waals surface area contributed by atoms with Gasteiger partial charge >= 0.3 is 0 Å². The third-order valence-electron chi connectivity index (χ3n) is 2.91. The summed E-state index contributed by atoms with van der Waals surface area (Å²) < 4.78 is 0. The first-order valence-corrected chi connectivity index (χ1v) is 5.41. The van der Waals surface area contributed by atoms with Crippen molar-refractivity contribution in [3.8, 4) is 0 Å². The first-order chi connectivity index (χ1) is 6.77. The standard InChI is InChI=1S/C12H8Cl2/c13-10-5-1-7-2-6-11(14)9-4-3-8(10)12(7)9/h1-2,5-6H,3-4H2. The van der Waals surface area contributed by atoms with E-state index in [1.807, 2.05) is 12.1 Å². The molecule has 0 unspecified atom stereocenters. The number of rotatable bonds is 0. The molecule has 0 atom stereocenters. The van der Waals surface area contributed by atoms with Gasteiger partial charge < -0.3 is 0 Å². The van der Waals surface area contributed by atoms with E-state index in [-0.39, 0.29) is 0 Å². The molecule has 0 saturated carbocycles. The summed E-state index contributed by atoms with van der Waals surface area (Å²) in [5.41, 5.74) is 2.53. The van der Waals surface area contributed by atoms with E-state index in [9.17, 15) is 0 Å². The summed E-state index contributed by atoms with van der Waals surface area (Å²) in [7, 11) is 0. The molecule has 0 amide bonds. The van der Waals surface area contributed by atoms with Gasteiger partial charge in [-0.2, -0.15) is 0 Å². The van der Waals surface area contributed by atoms with Crippen LogP contribution < -0.4 is 0 Å². The van der Waals surface area contributed by atoms with Crippen molar-refractivity contribution in [3.05, 3.63) is 45.4 Å². The van der Waals surface area contributed by atoms with Crippen LogP contribution in [-0.2, 0) is 12.8 Å². The molecule has 70 valence electrons. The maximum atomic E-state index is 6.15. The van der Waals surface area contributed by atoms with Gasteiger partial charge in [-0.1, -0.05) is 35.3 Å². The van der Waals surface area contributed by atoms with Crippen LogP contribution in [0.4, 0.5) is 0 Å². The second-order valence-corrected chi connectivity index (χ2v) is 4.46. The van der Waals surface area contributed by atoms with E-state index in [0.717, 1.165) is 22.9 Å². The zero-order valence-corrected chi connectivity index (χ0v) is 8.99. The molecule has 2 aromatic carbocycles. The lowest BCUT2D eigenvalue weighted by atomic mass is 10.1. The quantitative estimate of drug-likeness (QED) is 0.626. The monoisotopic (exact) mass is 222 g/mol. The van der Waals surface area contributed by atoms with Crippen LogP contribution in [0.15, 0.2) is 24.3 Å². The summed E-state index contributed by atoms with van der Waals surface area (Å²) in [5, 5.41) is 4.28. The minimum absolute atomic E-state index is 0.874. The summed E-state index contributed by atoms with van der Waals surface area (Å²) in [6.45, 7) is 0. The molecule has 3 rings (SSSR count). The number of benzene rings is 2. The SMILES string of the molecule is Clc1ccc2ccc(Cl)c3c2c1CC3. The molecule has 0 spiro atoms. The Hall–Kier alpha value is -0.720. The Balaban J connectivity index is 2.55. The van der Waals surface area contributed by atoms with E-state index in [4.69, 9.17) is 23.2 Å². The molecule has 2 aromatic rings. The van der Waals surface area contributed by atoms with Gasteiger partial charge in [-0.05, 0) is 46.9 Å². The molecule has 14 heavy (non-hydrogen) atoms. The Morgan fingerprint density at radius 3 is 1.79 bits per heavy atom. The smallest absolute Gasteiger partial charge is 0.0444 e. The van der Waals surface area contributed by atoms with Crippen LogP contribution in [0.5, 0.6) is 0 Å². The average molecular weight is 223 g/mol. The first kappa shape index (κ1) is 8.58. The molecule has 0 nitrogen and oxygen atoms in total. The van der Waals surface area contributed by atoms with Crippen molar-refractivity contribution >= 4 is 34.0 Å². The van der Waals surface area contributed by atoms with Gasteiger partial charge in [0.05, 0.1) is 0 Å². The van der Waals surface area contributed by atoms with Gasteiger partial charge in [0.25, 0.3) is 0 Å². The van der Waals surface area contributed by atoms with Gasteiger partial charge in [0, 0.05) is 10.0 Å². The normalized spacial score (nSPS) is 13.9. The minimum atomic E-state index is 0.874. The van der Waals surface area contributed by atoms with Crippen LogP contribution in [0.3, 0.4) is 0 Å². The average Bonchev–Trinajstić information content (AvgIpc) is 2.62. The van der Waals surface area contributed by atoms with Crippen molar-refractivity contribution in [3.63, 3.8) is 0 Å². The molecule has 0 saturated heterocycles. The Kier molecular flexibility index (Phi) is 1.77. The third kappa shape index (κ3) is 1.01. The summed E-state index contributed by atoms with van der Waals surface area (Å²) in [5.74, 6) is 0. The Morgan fingerprint density at radius 1 is 0.786 bits per heavy atom. The molecule has 0 heterocycles. The molecule has 0 bridgehead atoms. The first-order valence-electron chi connectivity index (χ1n) is 4.66. The highest BCUT2D eigenvalue weighted by Crippen LogP contribution is 2.38. The largest absolute Gasteiger partial charge is 0.0840 e. The molecular weight excluding hydrogens is 215 g/mol. The van der Waals surface area contributed by atoms with Crippen LogP contribution in [0, 0.1) is 0 Å². The summed E-state index contributed by atoms with van der Waals surface area (Å²) in [4.78, 5) is 0. The van der Waals surface area contributed by atoms with Crippen molar-refractivity contribution in [2.24, 2.45) is 0 Å². The van der Waals surface area contributed by atoms with Crippen molar-refractivity contribution in [2.45, 2.75) is 12.8 Å². The van der Waals surface area contributed by atoms with E-state index in [0.29, 0.717) is 0 Å². The number of aryl methyl sites for hydroxylation is 2. The van der Waals surface area contributed by atoms with Crippen molar-refractivity contribution in [1.82, 2.24) is 0 Å². The number of hydrogen-bond donors (Lipinski definition) is 0. The lowest BCUT2D eigenvalue weighted by Gasteiger charge is -2.04. The van der Waals surface area contributed by atoms with Crippen LogP contribution in [0.2, 0.25) is 10.0 Å². The summed E-state index contributed by atoms with van der Waals surface area (Å²) in [6, 6.07) is 8.07. The predicted octanol–water partition coefficient (Wildman–Crippen LogP) is 4.25. The molecule has 0 aliphatic heterocycles. The zero-order valence-electron chi connectivity index (χ0n) is 7.48. The number of halogens is 2. The summed E-state index contributed by atoms with van der Waals surface area (Å²) in [6.07, 6.45) is 2.05. The second kappa shape index (κ2) is 2.88. The van der Waals surface area contributed by atoms with Crippen LogP contribution in [0.25, 0.3) is 10.8 Å². The molecule has 0 aromatic heterocycles. The van der Waals surface area contributed by atoms with Crippen LogP contribution >= 0.6 is 23.2 Å². The maximum absolute atomic E-state index is 6.15. The second-order valence-electron chi connectivity index (χ2n) is 3.65. The van der Waals surface area contributed by atoms with E-state index in [1.165, 1.54) is 21.9 Å². The van der Waals surface area contributed by atoms with Gasteiger partial charge in [-0.25, -0.2) is 0 Å². The fourth-order valence-electron chi connectivity index (χ4n) is 2.26. The molecule has 1 aliphatic carbocycles. The molecule has 2 heteroatoms. The Labute approximate surface area is 92.4 Å². The highest BCUT2D eigenvalue weighted by Gasteiger charge is 2.18. The Morgan fingerprint density at radius 2 is 1.29 bits per heavy atom. The summed E-state index contributed by atoms with van der Waals surface area (Å²) >= 11 is 12.3. The molecular formula is C12H8Cl2. The van der Waals surface area contributed by atoms with Crippen LogP contribution in [-0.4, -0.2) is 0 Å². The lowest BCUT2D eigenvalue weighted by Crippen LogP contribution is -1.80. The van der Waals surface area contributed by atoms with Crippen molar-refractivity contribution in [1.29, 1.82) is 0 Å². The van der Waals surface area contributed by atoms with E-state index in [2.05, 4.69) is 12.1 Å². The van der Waals surface area contributed by atoms with Crippen molar-refractivity contribution < 1.29 is 0 Å². The number of hydrogen-bond acceptors (Lipinski definition) is 0. The zero-order chi connectivity index (χ0) is 9.71. The van der Waals surface area contributed by atoms with Gasteiger partial charge in [0.2, 0.25) is 0 Å². The van der Waals surface area contributed by atoms with E-state index >= 15 is 0 Å². The molecule has 0 N–H and O–H groups in total. The van der Waals surface area contributed by atoms with Crippen LogP contribution in [0.1, 0.15) is 11.1 Å². The fourth-order valence-corrected chi connectivity index (χ4v) is 2.76. The maximum Gasteiger partial charge on any atom is 0.0444 e. The van der Waals surface area contributed by atoms with E-state index < -0.39 is 0 Å².